The molecule has 0 heterocycles. The smallest absolute Gasteiger partial charge is 0.478 e. The van der Waals surface area contributed by atoms with Gasteiger partial charge in [-0.05, 0) is 18.1 Å². The molecule has 0 spiro atoms. The first kappa shape index (κ1) is 15.3. The third-order valence-electron chi connectivity index (χ3n) is 2.18. The minimum Gasteiger partial charge on any atom is -0.478 e. The van der Waals surface area contributed by atoms with Crippen molar-refractivity contribution < 1.29 is 35.7 Å². The van der Waals surface area contributed by atoms with E-state index in [0.717, 1.165) is 6.07 Å². The van der Waals surface area contributed by atoms with Gasteiger partial charge in [-0.25, -0.2) is 4.79 Å². The van der Waals surface area contributed by atoms with Gasteiger partial charge in [-0.1, -0.05) is 19.1 Å². The number of para-hydroxylation sites is 1. The number of halogens is 3. The standard InChI is InChI=1S/C10H9F3O5S/c1-2-6-4-3-5-7(9(14)15)8(6)18-19(16,17)10(11,12)13/h3-5H,2H2,1H3,(H,14,15). The Balaban J connectivity index is 3.39. The van der Waals surface area contributed by atoms with Crippen molar-refractivity contribution in [1.82, 2.24) is 0 Å². The van der Waals surface area contributed by atoms with Gasteiger partial charge in [0.2, 0.25) is 0 Å². The van der Waals surface area contributed by atoms with E-state index in [4.69, 9.17) is 5.11 Å². The van der Waals surface area contributed by atoms with Crippen LogP contribution in [0.2, 0.25) is 0 Å². The number of benzene rings is 1. The number of alkyl halides is 3. The maximum Gasteiger partial charge on any atom is 0.534 e. The molecule has 9 heteroatoms. The fourth-order valence-corrected chi connectivity index (χ4v) is 1.80. The first-order valence-electron chi connectivity index (χ1n) is 4.96. The number of carboxylic acid groups (broad SMARTS) is 1. The van der Waals surface area contributed by atoms with E-state index in [-0.39, 0.29) is 12.0 Å². The summed E-state index contributed by atoms with van der Waals surface area (Å²) in [6, 6.07) is 3.53. The second-order valence-corrected chi connectivity index (χ2v) is 4.97. The molecule has 0 bridgehead atoms. The van der Waals surface area contributed by atoms with E-state index in [1.165, 1.54) is 19.1 Å². The zero-order valence-electron chi connectivity index (χ0n) is 9.56. The number of aromatic carboxylic acids is 1. The number of hydrogen-bond acceptors (Lipinski definition) is 4. The van der Waals surface area contributed by atoms with Gasteiger partial charge in [0.1, 0.15) is 5.56 Å². The lowest BCUT2D eigenvalue weighted by atomic mass is 10.1. The molecule has 1 aromatic carbocycles. The van der Waals surface area contributed by atoms with Gasteiger partial charge in [-0.3, -0.25) is 0 Å². The van der Waals surface area contributed by atoms with Crippen molar-refractivity contribution in [1.29, 1.82) is 0 Å². The number of rotatable bonds is 4. The minimum absolute atomic E-state index is 0.0488. The average Bonchev–Trinajstić information content (AvgIpc) is 2.26. The molecule has 1 aromatic rings. The third-order valence-corrected chi connectivity index (χ3v) is 3.14. The van der Waals surface area contributed by atoms with E-state index >= 15 is 0 Å². The van der Waals surface area contributed by atoms with Gasteiger partial charge in [0, 0.05) is 0 Å². The highest BCUT2D eigenvalue weighted by Gasteiger charge is 2.49. The van der Waals surface area contributed by atoms with E-state index in [1.807, 2.05) is 0 Å². The van der Waals surface area contributed by atoms with Gasteiger partial charge in [0.15, 0.2) is 5.75 Å². The molecule has 0 atom stereocenters. The molecule has 0 radical (unpaired) electrons. The van der Waals surface area contributed by atoms with Crippen LogP contribution in [0.5, 0.6) is 5.75 Å². The summed E-state index contributed by atoms with van der Waals surface area (Å²) in [7, 11) is -5.90. The predicted octanol–water partition coefficient (Wildman–Crippen LogP) is 2.18. The SMILES string of the molecule is CCc1cccc(C(=O)O)c1OS(=O)(=O)C(F)(F)F. The van der Waals surface area contributed by atoms with Gasteiger partial charge in [0.05, 0.1) is 0 Å². The molecule has 5 nitrogen and oxygen atoms in total. The zero-order valence-corrected chi connectivity index (χ0v) is 10.4. The summed E-state index contributed by atoms with van der Waals surface area (Å²) in [5, 5.41) is 8.83. The summed E-state index contributed by atoms with van der Waals surface area (Å²) >= 11 is 0. The number of carbonyl (C=O) groups is 1. The Morgan fingerprint density at radius 2 is 1.95 bits per heavy atom. The van der Waals surface area contributed by atoms with Crippen LogP contribution in [0.4, 0.5) is 13.2 Å². The molecule has 0 aromatic heterocycles. The summed E-state index contributed by atoms with van der Waals surface area (Å²) in [6.45, 7) is 1.52. The first-order chi connectivity index (χ1) is 8.60. The Morgan fingerprint density at radius 1 is 1.37 bits per heavy atom. The second-order valence-electron chi connectivity index (χ2n) is 3.44. The van der Waals surface area contributed by atoms with Crippen LogP contribution in [0, 0.1) is 0 Å². The van der Waals surface area contributed by atoms with Crippen molar-refractivity contribution in [3.05, 3.63) is 29.3 Å². The fraction of sp³-hybridized carbons (Fsp3) is 0.300. The van der Waals surface area contributed by atoms with E-state index < -0.39 is 32.9 Å². The molecule has 0 aliphatic rings. The summed E-state index contributed by atoms with van der Waals surface area (Å²) in [6.07, 6.45) is 0.115. The van der Waals surface area contributed by atoms with Crippen molar-refractivity contribution in [2.45, 2.75) is 18.9 Å². The second kappa shape index (κ2) is 5.08. The van der Waals surface area contributed by atoms with Gasteiger partial charge < -0.3 is 9.29 Å². The molecule has 0 saturated heterocycles. The third kappa shape index (κ3) is 3.16. The highest BCUT2D eigenvalue weighted by atomic mass is 32.2. The first-order valence-corrected chi connectivity index (χ1v) is 6.37. The minimum atomic E-state index is -5.90. The molecular weight excluding hydrogens is 289 g/mol. The predicted molar refractivity (Wildman–Crippen MR) is 58.4 cm³/mol. The maximum absolute atomic E-state index is 12.2. The quantitative estimate of drug-likeness (QED) is 0.680. The lowest BCUT2D eigenvalue weighted by molar-refractivity contribution is -0.0500. The summed E-state index contributed by atoms with van der Waals surface area (Å²) in [4.78, 5) is 10.9. The Morgan fingerprint density at radius 3 is 2.37 bits per heavy atom. The van der Waals surface area contributed by atoms with Crippen LogP contribution in [0.1, 0.15) is 22.8 Å². The monoisotopic (exact) mass is 298 g/mol. The highest BCUT2D eigenvalue weighted by molar-refractivity contribution is 7.88. The molecule has 19 heavy (non-hydrogen) atoms. The average molecular weight is 298 g/mol. The maximum atomic E-state index is 12.2. The normalized spacial score (nSPS) is 12.2. The van der Waals surface area contributed by atoms with Crippen LogP contribution in [0.3, 0.4) is 0 Å². The summed E-state index contributed by atoms with van der Waals surface area (Å²) < 4.78 is 62.5. The lowest BCUT2D eigenvalue weighted by Gasteiger charge is -2.14. The molecule has 0 saturated carbocycles. The molecule has 1 N–H and O–H groups in total. The number of carboxylic acids is 1. The Hall–Kier alpha value is -1.77. The molecule has 106 valence electrons. The largest absolute Gasteiger partial charge is 0.534 e. The number of hydrogen-bond donors (Lipinski definition) is 1. The van der Waals surface area contributed by atoms with E-state index in [9.17, 15) is 26.4 Å². The molecule has 0 aliphatic carbocycles. The van der Waals surface area contributed by atoms with E-state index in [0.29, 0.717) is 0 Å². The van der Waals surface area contributed by atoms with Crippen molar-refractivity contribution in [2.75, 3.05) is 0 Å². The van der Waals surface area contributed by atoms with Gasteiger partial charge in [-0.2, -0.15) is 21.6 Å². The van der Waals surface area contributed by atoms with Crippen molar-refractivity contribution in [2.24, 2.45) is 0 Å². The summed E-state index contributed by atoms with van der Waals surface area (Å²) in [5.41, 5.74) is -6.22. The van der Waals surface area contributed by atoms with E-state index in [2.05, 4.69) is 4.18 Å². The van der Waals surface area contributed by atoms with Crippen LogP contribution >= 0.6 is 0 Å². The topological polar surface area (TPSA) is 80.7 Å². The van der Waals surface area contributed by atoms with Crippen LogP contribution in [0.15, 0.2) is 18.2 Å². The van der Waals surface area contributed by atoms with Crippen molar-refractivity contribution in [3.63, 3.8) is 0 Å². The van der Waals surface area contributed by atoms with Crippen LogP contribution in [0.25, 0.3) is 0 Å². The van der Waals surface area contributed by atoms with Crippen LogP contribution < -0.4 is 4.18 Å². The van der Waals surface area contributed by atoms with Gasteiger partial charge >= 0.3 is 21.6 Å². The molecule has 0 unspecified atom stereocenters. The zero-order chi connectivity index (χ0) is 14.8. The molecule has 0 amide bonds. The van der Waals surface area contributed by atoms with Crippen molar-refractivity contribution in [3.8, 4) is 5.75 Å². The van der Waals surface area contributed by atoms with Crippen molar-refractivity contribution >= 4 is 16.1 Å². The van der Waals surface area contributed by atoms with Crippen LogP contribution in [-0.4, -0.2) is 25.0 Å². The Kier molecular flexibility index (Phi) is 4.09. The molecular formula is C10H9F3O5S. The Bertz CT molecular complexity index is 592. The summed E-state index contributed by atoms with van der Waals surface area (Å²) in [5.74, 6) is -2.39. The molecule has 0 aliphatic heterocycles. The lowest BCUT2D eigenvalue weighted by Crippen LogP contribution is -2.29. The van der Waals surface area contributed by atoms with Crippen LogP contribution in [-0.2, 0) is 16.5 Å². The highest BCUT2D eigenvalue weighted by Crippen LogP contribution is 2.31. The van der Waals surface area contributed by atoms with E-state index in [1.54, 1.807) is 0 Å². The molecule has 1 rings (SSSR count). The number of aryl methyl sites for hydroxylation is 1. The fourth-order valence-electron chi connectivity index (χ4n) is 1.29. The van der Waals surface area contributed by atoms with Gasteiger partial charge in [0.25, 0.3) is 0 Å². The Labute approximate surface area is 106 Å². The molecule has 0 fully saturated rings. The van der Waals surface area contributed by atoms with Gasteiger partial charge in [-0.15, -0.1) is 0 Å².